The van der Waals surface area contributed by atoms with Gasteiger partial charge in [-0.1, -0.05) is 24.3 Å². The van der Waals surface area contributed by atoms with E-state index >= 15 is 0 Å². The molecule has 0 saturated heterocycles. The van der Waals surface area contributed by atoms with Crippen LogP contribution in [0.3, 0.4) is 0 Å². The molecule has 0 spiro atoms. The molecule has 3 aromatic rings. The molecule has 0 unspecified atom stereocenters. The van der Waals surface area contributed by atoms with E-state index in [-0.39, 0.29) is 24.4 Å². The SMILES string of the molecule is Cl.N#Cc1ccc2c(c1)CCN(CCC1CCC(NC(=O)c3ccnc4ccccc34)CC1)C2. The van der Waals surface area contributed by atoms with E-state index in [1.807, 2.05) is 36.4 Å². The molecule has 5 rings (SSSR count). The molecule has 2 heterocycles. The second-order valence-corrected chi connectivity index (χ2v) is 9.48. The van der Waals surface area contributed by atoms with Gasteiger partial charge in [0.2, 0.25) is 0 Å². The minimum atomic E-state index is 0. The van der Waals surface area contributed by atoms with E-state index in [9.17, 15) is 4.79 Å². The first-order valence-electron chi connectivity index (χ1n) is 12.1. The molecule has 1 N–H and O–H groups in total. The third-order valence-electron chi connectivity index (χ3n) is 7.36. The summed E-state index contributed by atoms with van der Waals surface area (Å²) in [5.74, 6) is 0.755. The Hall–Kier alpha value is -2.94. The van der Waals surface area contributed by atoms with E-state index in [1.54, 1.807) is 6.20 Å². The lowest BCUT2D eigenvalue weighted by Crippen LogP contribution is -2.38. The van der Waals surface area contributed by atoms with Crippen molar-refractivity contribution in [2.24, 2.45) is 5.92 Å². The van der Waals surface area contributed by atoms with Gasteiger partial charge in [-0.3, -0.25) is 14.7 Å². The summed E-state index contributed by atoms with van der Waals surface area (Å²) in [6, 6.07) is 18.3. The summed E-state index contributed by atoms with van der Waals surface area (Å²) in [6.45, 7) is 3.20. The summed E-state index contributed by atoms with van der Waals surface area (Å²) in [5, 5.41) is 13.3. The second-order valence-electron chi connectivity index (χ2n) is 9.48. The van der Waals surface area contributed by atoms with Gasteiger partial charge >= 0.3 is 0 Å². The maximum absolute atomic E-state index is 12.9. The molecule has 5 nitrogen and oxygen atoms in total. The maximum atomic E-state index is 12.9. The van der Waals surface area contributed by atoms with Crippen LogP contribution in [0, 0.1) is 17.2 Å². The molecule has 1 aliphatic heterocycles. The van der Waals surface area contributed by atoms with E-state index in [4.69, 9.17) is 5.26 Å². The average molecular weight is 475 g/mol. The Morgan fingerprint density at radius 2 is 1.91 bits per heavy atom. The Kier molecular flexibility index (Phi) is 7.82. The predicted octanol–water partition coefficient (Wildman–Crippen LogP) is 5.27. The highest BCUT2D eigenvalue weighted by molar-refractivity contribution is 6.06. The van der Waals surface area contributed by atoms with Crippen LogP contribution in [0.15, 0.2) is 54.7 Å². The maximum Gasteiger partial charge on any atom is 0.252 e. The Morgan fingerprint density at radius 3 is 2.74 bits per heavy atom. The fraction of sp³-hybridized carbons (Fsp3) is 0.393. The quantitative estimate of drug-likeness (QED) is 0.547. The van der Waals surface area contributed by atoms with Gasteiger partial charge in [-0.25, -0.2) is 0 Å². The number of hydrogen-bond donors (Lipinski definition) is 1. The molecular formula is C28H31ClN4O. The van der Waals surface area contributed by atoms with Crippen LogP contribution in [-0.4, -0.2) is 34.9 Å². The number of halogens is 1. The van der Waals surface area contributed by atoms with Crippen LogP contribution in [-0.2, 0) is 13.0 Å². The fourth-order valence-corrected chi connectivity index (χ4v) is 5.39. The number of amides is 1. The highest BCUT2D eigenvalue weighted by Gasteiger charge is 2.24. The average Bonchev–Trinajstić information content (AvgIpc) is 2.87. The van der Waals surface area contributed by atoms with Gasteiger partial charge in [-0.05, 0) is 86.4 Å². The molecule has 176 valence electrons. The number of carbonyl (C=O) groups excluding carboxylic acids is 1. The van der Waals surface area contributed by atoms with Crippen LogP contribution in [0.25, 0.3) is 10.9 Å². The van der Waals surface area contributed by atoms with Gasteiger partial charge in [0.05, 0.1) is 22.7 Å². The summed E-state index contributed by atoms with van der Waals surface area (Å²) in [5.41, 5.74) is 5.05. The van der Waals surface area contributed by atoms with Crippen LogP contribution >= 0.6 is 12.4 Å². The number of rotatable bonds is 5. The number of benzene rings is 2. The fourth-order valence-electron chi connectivity index (χ4n) is 5.39. The first-order chi connectivity index (χ1) is 16.2. The Labute approximate surface area is 207 Å². The van der Waals surface area contributed by atoms with E-state index in [2.05, 4.69) is 33.4 Å². The molecule has 1 fully saturated rings. The van der Waals surface area contributed by atoms with Gasteiger partial charge in [0.15, 0.2) is 0 Å². The minimum absolute atomic E-state index is 0. The Bertz CT molecular complexity index is 1190. The number of nitrogens with one attached hydrogen (secondary N) is 1. The standard InChI is InChI=1S/C28H30N4O.ClH/c29-18-21-5-8-23-19-32(16-13-22(23)17-21)15-12-20-6-9-24(10-7-20)31-28(33)26-11-14-30-27-4-2-1-3-25(26)27;/h1-5,8,11,14,17,20,24H,6-7,9-10,12-13,15-16,19H2,(H,31,33);1H. The summed E-state index contributed by atoms with van der Waals surface area (Å²) in [7, 11) is 0. The van der Waals surface area contributed by atoms with Crippen molar-refractivity contribution in [1.29, 1.82) is 5.26 Å². The largest absolute Gasteiger partial charge is 0.349 e. The van der Waals surface area contributed by atoms with E-state index in [1.165, 1.54) is 30.4 Å². The van der Waals surface area contributed by atoms with Crippen molar-refractivity contribution >= 4 is 29.2 Å². The monoisotopic (exact) mass is 474 g/mol. The van der Waals surface area contributed by atoms with Crippen LogP contribution in [0.1, 0.15) is 59.2 Å². The number of fused-ring (bicyclic) bond motifs is 2. The summed E-state index contributed by atoms with van der Waals surface area (Å²) in [6.07, 6.45) is 8.44. The molecule has 6 heteroatoms. The van der Waals surface area contributed by atoms with Crippen LogP contribution < -0.4 is 5.32 Å². The number of hydrogen-bond acceptors (Lipinski definition) is 4. The van der Waals surface area contributed by atoms with Gasteiger partial charge < -0.3 is 5.32 Å². The van der Waals surface area contributed by atoms with Crippen molar-refractivity contribution in [3.05, 3.63) is 77.0 Å². The number of carbonyl (C=O) groups is 1. The molecule has 1 saturated carbocycles. The summed E-state index contributed by atoms with van der Waals surface area (Å²) >= 11 is 0. The van der Waals surface area contributed by atoms with Crippen molar-refractivity contribution in [2.45, 2.75) is 51.1 Å². The Balaban J connectivity index is 0.00000274. The molecule has 1 aliphatic carbocycles. The van der Waals surface area contributed by atoms with Crippen molar-refractivity contribution in [3.8, 4) is 6.07 Å². The van der Waals surface area contributed by atoms with E-state index < -0.39 is 0 Å². The molecular weight excluding hydrogens is 444 g/mol. The third kappa shape index (κ3) is 5.41. The van der Waals surface area contributed by atoms with Crippen molar-refractivity contribution in [3.63, 3.8) is 0 Å². The zero-order valence-electron chi connectivity index (χ0n) is 19.4. The first-order valence-corrected chi connectivity index (χ1v) is 12.1. The number of para-hydroxylation sites is 1. The highest BCUT2D eigenvalue weighted by Crippen LogP contribution is 2.29. The number of aromatic nitrogens is 1. The number of pyridine rings is 1. The van der Waals surface area contributed by atoms with Gasteiger partial charge in [-0.15, -0.1) is 12.4 Å². The van der Waals surface area contributed by atoms with Crippen LogP contribution in [0.4, 0.5) is 0 Å². The molecule has 34 heavy (non-hydrogen) atoms. The molecule has 0 radical (unpaired) electrons. The smallest absolute Gasteiger partial charge is 0.252 e. The van der Waals surface area contributed by atoms with Gasteiger partial charge in [0.1, 0.15) is 0 Å². The Morgan fingerprint density at radius 1 is 1.09 bits per heavy atom. The van der Waals surface area contributed by atoms with Crippen molar-refractivity contribution in [2.75, 3.05) is 13.1 Å². The lowest BCUT2D eigenvalue weighted by Gasteiger charge is -2.33. The van der Waals surface area contributed by atoms with Gasteiger partial charge in [0.25, 0.3) is 5.91 Å². The van der Waals surface area contributed by atoms with Crippen molar-refractivity contribution < 1.29 is 4.79 Å². The van der Waals surface area contributed by atoms with E-state index in [0.717, 1.165) is 66.8 Å². The highest BCUT2D eigenvalue weighted by atomic mass is 35.5. The zero-order valence-corrected chi connectivity index (χ0v) is 20.2. The first kappa shape index (κ1) is 24.2. The summed E-state index contributed by atoms with van der Waals surface area (Å²) < 4.78 is 0. The van der Waals surface area contributed by atoms with Crippen LogP contribution in [0.2, 0.25) is 0 Å². The lowest BCUT2D eigenvalue weighted by molar-refractivity contribution is 0.0921. The molecule has 2 aliphatic rings. The summed E-state index contributed by atoms with van der Waals surface area (Å²) in [4.78, 5) is 19.8. The number of nitriles is 1. The number of nitrogens with zero attached hydrogens (tertiary/aromatic N) is 3. The van der Waals surface area contributed by atoms with Gasteiger partial charge in [0, 0.05) is 30.7 Å². The normalized spacial score (nSPS) is 20.1. The zero-order chi connectivity index (χ0) is 22.6. The van der Waals surface area contributed by atoms with Crippen LogP contribution in [0.5, 0.6) is 0 Å². The minimum Gasteiger partial charge on any atom is -0.349 e. The second kappa shape index (κ2) is 11.0. The molecule has 1 aromatic heterocycles. The van der Waals surface area contributed by atoms with Crippen molar-refractivity contribution in [1.82, 2.24) is 15.2 Å². The van der Waals surface area contributed by atoms with E-state index in [0.29, 0.717) is 0 Å². The third-order valence-corrected chi connectivity index (χ3v) is 7.36. The lowest BCUT2D eigenvalue weighted by atomic mass is 9.83. The molecule has 1 amide bonds. The molecule has 0 atom stereocenters. The molecule has 0 bridgehead atoms. The predicted molar refractivity (Wildman–Crippen MR) is 137 cm³/mol. The molecule has 2 aromatic carbocycles. The topological polar surface area (TPSA) is 69.0 Å². The van der Waals surface area contributed by atoms with Gasteiger partial charge in [-0.2, -0.15) is 5.26 Å².